The summed E-state index contributed by atoms with van der Waals surface area (Å²) >= 11 is 0. The van der Waals surface area contributed by atoms with Crippen LogP contribution in [0.5, 0.6) is 0 Å². The van der Waals surface area contributed by atoms with E-state index in [-0.39, 0.29) is 0 Å². The van der Waals surface area contributed by atoms with E-state index in [4.69, 9.17) is 0 Å². The maximum atomic E-state index is 4.27. The molecule has 0 fully saturated rings. The lowest BCUT2D eigenvalue weighted by Gasteiger charge is -2.13. The maximum Gasteiger partial charge on any atom is 0.202 e. The second-order valence-electron chi connectivity index (χ2n) is 3.32. The summed E-state index contributed by atoms with van der Waals surface area (Å²) in [5.74, 6) is 0.996. The Hall–Kier alpha value is -1.25. The van der Waals surface area contributed by atoms with Crippen LogP contribution in [0.1, 0.15) is 19.8 Å². The van der Waals surface area contributed by atoms with Gasteiger partial charge in [-0.05, 0) is 19.8 Å². The van der Waals surface area contributed by atoms with Crippen molar-refractivity contribution in [3.8, 4) is 0 Å². The maximum absolute atomic E-state index is 4.27. The summed E-state index contributed by atoms with van der Waals surface area (Å²) in [5, 5.41) is 3.43. The normalized spacial score (nSPS) is 16.7. The lowest BCUT2D eigenvalue weighted by Crippen LogP contribution is -2.18. The van der Waals surface area contributed by atoms with Crippen LogP contribution in [0.4, 0.5) is 5.95 Å². The lowest BCUT2D eigenvalue weighted by atomic mass is 10.2. The highest BCUT2D eigenvalue weighted by molar-refractivity contribution is 5.29. The Balaban J connectivity index is 2.00. The summed E-state index contributed by atoms with van der Waals surface area (Å²) in [4.78, 5) is 4.27. The molecular formula is C10H15N3. The number of nitrogens with one attached hydrogen (secondary N) is 1. The van der Waals surface area contributed by atoms with Gasteiger partial charge in [-0.2, -0.15) is 0 Å². The van der Waals surface area contributed by atoms with Crippen LogP contribution in [-0.4, -0.2) is 15.6 Å². The number of hydrogen-bond donors (Lipinski definition) is 1. The van der Waals surface area contributed by atoms with E-state index in [2.05, 4.69) is 33.9 Å². The van der Waals surface area contributed by atoms with E-state index >= 15 is 0 Å². The van der Waals surface area contributed by atoms with Crippen LogP contribution in [-0.2, 0) is 6.54 Å². The zero-order valence-corrected chi connectivity index (χ0v) is 7.90. The molecule has 70 valence electrons. The van der Waals surface area contributed by atoms with Crippen LogP contribution in [0.15, 0.2) is 24.5 Å². The SMILES string of the molecule is CCn1ccnc1NC1CC=CC1. The average Bonchev–Trinajstić information content (AvgIpc) is 2.76. The van der Waals surface area contributed by atoms with Crippen molar-refractivity contribution in [1.82, 2.24) is 9.55 Å². The van der Waals surface area contributed by atoms with Crippen LogP contribution in [0.3, 0.4) is 0 Å². The third kappa shape index (κ3) is 1.74. The fourth-order valence-electron chi connectivity index (χ4n) is 1.62. The van der Waals surface area contributed by atoms with Crippen molar-refractivity contribution in [1.29, 1.82) is 0 Å². The molecule has 0 saturated carbocycles. The quantitative estimate of drug-likeness (QED) is 0.716. The van der Waals surface area contributed by atoms with Gasteiger partial charge in [0.25, 0.3) is 0 Å². The Morgan fingerprint density at radius 2 is 2.31 bits per heavy atom. The molecule has 1 aromatic heterocycles. The molecule has 13 heavy (non-hydrogen) atoms. The molecule has 0 atom stereocenters. The molecule has 0 unspecified atom stereocenters. The molecule has 1 aromatic rings. The molecule has 3 heteroatoms. The van der Waals surface area contributed by atoms with Crippen LogP contribution in [0, 0.1) is 0 Å². The number of nitrogens with zero attached hydrogens (tertiary/aromatic N) is 2. The standard InChI is InChI=1S/C10H15N3/c1-2-13-8-7-11-10(13)12-9-5-3-4-6-9/h3-4,7-9H,2,5-6H2,1H3,(H,11,12). The summed E-state index contributed by atoms with van der Waals surface area (Å²) in [6.45, 7) is 3.10. The molecule has 0 aromatic carbocycles. The van der Waals surface area contributed by atoms with Gasteiger partial charge >= 0.3 is 0 Å². The fourth-order valence-corrected chi connectivity index (χ4v) is 1.62. The van der Waals surface area contributed by atoms with Crippen LogP contribution < -0.4 is 5.32 Å². The van der Waals surface area contributed by atoms with Gasteiger partial charge in [0.15, 0.2) is 0 Å². The van der Waals surface area contributed by atoms with Crippen molar-refractivity contribution in [2.24, 2.45) is 0 Å². The molecule has 0 bridgehead atoms. The van der Waals surface area contributed by atoms with E-state index < -0.39 is 0 Å². The van der Waals surface area contributed by atoms with Crippen LogP contribution >= 0.6 is 0 Å². The molecule has 1 aliphatic carbocycles. The van der Waals surface area contributed by atoms with Crippen LogP contribution in [0.2, 0.25) is 0 Å². The molecule has 1 heterocycles. The van der Waals surface area contributed by atoms with Gasteiger partial charge in [0.05, 0.1) is 0 Å². The van der Waals surface area contributed by atoms with E-state index in [0.29, 0.717) is 6.04 Å². The molecule has 0 saturated heterocycles. The number of aryl methyl sites for hydroxylation is 1. The number of rotatable bonds is 3. The fraction of sp³-hybridized carbons (Fsp3) is 0.500. The van der Waals surface area contributed by atoms with Gasteiger partial charge in [-0.25, -0.2) is 4.98 Å². The highest BCUT2D eigenvalue weighted by Crippen LogP contribution is 2.15. The molecule has 0 radical (unpaired) electrons. The first-order valence-electron chi connectivity index (χ1n) is 4.83. The van der Waals surface area contributed by atoms with Gasteiger partial charge in [0.1, 0.15) is 0 Å². The molecule has 1 N–H and O–H groups in total. The van der Waals surface area contributed by atoms with Gasteiger partial charge in [-0.3, -0.25) is 0 Å². The van der Waals surface area contributed by atoms with Crippen molar-refractivity contribution < 1.29 is 0 Å². The minimum atomic E-state index is 0.549. The monoisotopic (exact) mass is 177 g/mol. The van der Waals surface area contributed by atoms with Crippen molar-refractivity contribution in [2.75, 3.05) is 5.32 Å². The van der Waals surface area contributed by atoms with E-state index in [0.717, 1.165) is 25.3 Å². The molecule has 0 spiro atoms. The number of anilines is 1. The smallest absolute Gasteiger partial charge is 0.202 e. The zero-order chi connectivity index (χ0) is 9.10. The second kappa shape index (κ2) is 3.64. The first-order chi connectivity index (χ1) is 6.40. The Kier molecular flexibility index (Phi) is 2.34. The number of hydrogen-bond acceptors (Lipinski definition) is 2. The third-order valence-corrected chi connectivity index (χ3v) is 2.40. The number of imidazole rings is 1. The van der Waals surface area contributed by atoms with Crippen molar-refractivity contribution in [2.45, 2.75) is 32.4 Å². The van der Waals surface area contributed by atoms with Gasteiger partial charge in [-0.1, -0.05) is 12.2 Å². The van der Waals surface area contributed by atoms with Crippen molar-refractivity contribution in [3.05, 3.63) is 24.5 Å². The summed E-state index contributed by atoms with van der Waals surface area (Å²) < 4.78 is 2.12. The molecule has 0 aliphatic heterocycles. The van der Waals surface area contributed by atoms with E-state index in [1.165, 1.54) is 0 Å². The highest BCUT2D eigenvalue weighted by Gasteiger charge is 2.11. The van der Waals surface area contributed by atoms with Gasteiger partial charge in [0, 0.05) is 25.0 Å². The lowest BCUT2D eigenvalue weighted by molar-refractivity contribution is 0.720. The molecular weight excluding hydrogens is 162 g/mol. The largest absolute Gasteiger partial charge is 0.352 e. The first-order valence-corrected chi connectivity index (χ1v) is 4.83. The summed E-state index contributed by atoms with van der Waals surface area (Å²) in [5.41, 5.74) is 0. The molecule has 2 rings (SSSR count). The Morgan fingerprint density at radius 3 is 3.00 bits per heavy atom. The number of aromatic nitrogens is 2. The highest BCUT2D eigenvalue weighted by atomic mass is 15.2. The van der Waals surface area contributed by atoms with Gasteiger partial charge < -0.3 is 9.88 Å². The summed E-state index contributed by atoms with van der Waals surface area (Å²) in [7, 11) is 0. The Morgan fingerprint density at radius 1 is 1.54 bits per heavy atom. The van der Waals surface area contributed by atoms with Gasteiger partial charge in [-0.15, -0.1) is 0 Å². The minimum Gasteiger partial charge on any atom is -0.352 e. The third-order valence-electron chi connectivity index (χ3n) is 2.40. The predicted octanol–water partition coefficient (Wildman–Crippen LogP) is 2.03. The minimum absolute atomic E-state index is 0.549. The van der Waals surface area contributed by atoms with Crippen molar-refractivity contribution in [3.63, 3.8) is 0 Å². The van der Waals surface area contributed by atoms with E-state index in [9.17, 15) is 0 Å². The Bertz CT molecular complexity index is 293. The molecule has 1 aliphatic rings. The summed E-state index contributed by atoms with van der Waals surface area (Å²) in [6, 6.07) is 0.549. The Labute approximate surface area is 78.5 Å². The molecule has 3 nitrogen and oxygen atoms in total. The molecule has 0 amide bonds. The summed E-state index contributed by atoms with van der Waals surface area (Å²) in [6.07, 6.45) is 10.5. The van der Waals surface area contributed by atoms with Crippen molar-refractivity contribution >= 4 is 5.95 Å². The van der Waals surface area contributed by atoms with E-state index in [1.807, 2.05) is 12.4 Å². The topological polar surface area (TPSA) is 29.9 Å². The predicted molar refractivity (Wildman–Crippen MR) is 53.7 cm³/mol. The van der Waals surface area contributed by atoms with E-state index in [1.54, 1.807) is 0 Å². The van der Waals surface area contributed by atoms with Gasteiger partial charge in [0.2, 0.25) is 5.95 Å². The average molecular weight is 177 g/mol. The van der Waals surface area contributed by atoms with Crippen LogP contribution in [0.25, 0.3) is 0 Å². The second-order valence-corrected chi connectivity index (χ2v) is 3.32. The zero-order valence-electron chi connectivity index (χ0n) is 7.90. The first kappa shape index (κ1) is 8.35.